The first kappa shape index (κ1) is 12.3. The molecule has 0 saturated heterocycles. The molecule has 2 aliphatic heterocycles. The number of aromatic nitrogens is 2. The number of para-hydroxylation sites is 3. The smallest absolute Gasteiger partial charge is 0.102 e. The quantitative estimate of drug-likeness (QED) is 0.484. The van der Waals surface area contributed by atoms with E-state index in [1.807, 2.05) is 0 Å². The van der Waals surface area contributed by atoms with Gasteiger partial charge in [-0.3, -0.25) is 0 Å². The summed E-state index contributed by atoms with van der Waals surface area (Å²) >= 11 is 0. The average molecular weight is 309 g/mol. The van der Waals surface area contributed by atoms with E-state index in [1.54, 1.807) is 0 Å². The van der Waals surface area contributed by atoms with E-state index >= 15 is 0 Å². The van der Waals surface area contributed by atoms with Gasteiger partial charge in [0.15, 0.2) is 0 Å². The number of H-pyrrole nitrogens is 1. The SMILES string of the molecule is c1ccc2c(c1)-c1c[nH]cc1C1c3cccn3-c3ccccc3N21. The number of anilines is 2. The van der Waals surface area contributed by atoms with Crippen LogP contribution in [0.4, 0.5) is 11.4 Å². The molecule has 1 unspecified atom stereocenters. The first-order valence-electron chi connectivity index (χ1n) is 8.25. The minimum absolute atomic E-state index is 0.200. The molecule has 2 aliphatic rings. The number of benzene rings is 2. The van der Waals surface area contributed by atoms with Crippen molar-refractivity contribution in [1.29, 1.82) is 0 Å². The molecule has 0 bridgehead atoms. The van der Waals surface area contributed by atoms with Crippen LogP contribution in [0.5, 0.6) is 0 Å². The summed E-state index contributed by atoms with van der Waals surface area (Å²) in [6.45, 7) is 0. The number of aromatic amines is 1. The highest BCUT2D eigenvalue weighted by Crippen LogP contribution is 2.54. The first-order chi connectivity index (χ1) is 11.9. The van der Waals surface area contributed by atoms with E-state index in [0.29, 0.717) is 0 Å². The highest BCUT2D eigenvalue weighted by atomic mass is 15.3. The standard InChI is InChI=1S/C21H15N3/c1-2-7-17-14(6-1)15-12-22-13-16(15)21-20-10-5-11-23(20)18-8-3-4-9-19(18)24(17)21/h1-13,21-22H. The fourth-order valence-electron chi connectivity index (χ4n) is 4.29. The molecule has 1 atom stereocenters. The summed E-state index contributed by atoms with van der Waals surface area (Å²) in [6, 6.07) is 21.9. The Morgan fingerprint density at radius 3 is 2.42 bits per heavy atom. The van der Waals surface area contributed by atoms with E-state index in [4.69, 9.17) is 0 Å². The first-order valence-corrected chi connectivity index (χ1v) is 8.25. The lowest BCUT2D eigenvalue weighted by atomic mass is 9.88. The van der Waals surface area contributed by atoms with Crippen molar-refractivity contribution in [3.05, 3.63) is 90.5 Å². The third kappa shape index (κ3) is 1.33. The van der Waals surface area contributed by atoms with Gasteiger partial charge >= 0.3 is 0 Å². The number of hydrogen-bond donors (Lipinski definition) is 1. The predicted molar refractivity (Wildman–Crippen MR) is 96.0 cm³/mol. The molecule has 0 spiro atoms. The minimum atomic E-state index is 0.200. The molecule has 0 saturated carbocycles. The third-order valence-corrected chi connectivity index (χ3v) is 5.25. The van der Waals surface area contributed by atoms with Gasteiger partial charge in [-0.1, -0.05) is 30.3 Å². The van der Waals surface area contributed by atoms with Crippen molar-refractivity contribution in [2.75, 3.05) is 4.90 Å². The fraction of sp³-hybridized carbons (Fsp3) is 0.0476. The van der Waals surface area contributed by atoms with E-state index in [-0.39, 0.29) is 6.04 Å². The Labute approximate surface area is 139 Å². The van der Waals surface area contributed by atoms with Crippen LogP contribution in [0.1, 0.15) is 17.3 Å². The molecule has 3 nitrogen and oxygen atoms in total. The van der Waals surface area contributed by atoms with Crippen molar-refractivity contribution < 1.29 is 0 Å². The van der Waals surface area contributed by atoms with Crippen LogP contribution in [0.15, 0.2) is 79.3 Å². The zero-order chi connectivity index (χ0) is 15.7. The lowest BCUT2D eigenvalue weighted by molar-refractivity contribution is 0.725. The maximum atomic E-state index is 3.33. The van der Waals surface area contributed by atoms with Crippen LogP contribution in [-0.4, -0.2) is 9.55 Å². The molecule has 2 aromatic heterocycles. The summed E-state index contributed by atoms with van der Waals surface area (Å²) in [6.07, 6.45) is 6.44. The highest BCUT2D eigenvalue weighted by Gasteiger charge is 2.38. The molecule has 1 N–H and O–H groups in total. The van der Waals surface area contributed by atoms with Gasteiger partial charge in [-0.05, 0) is 30.3 Å². The molecule has 0 amide bonds. The van der Waals surface area contributed by atoms with Gasteiger partial charge in [0.25, 0.3) is 0 Å². The summed E-state index contributed by atoms with van der Waals surface area (Å²) in [5.41, 5.74) is 9.01. The van der Waals surface area contributed by atoms with Crippen LogP contribution in [0.3, 0.4) is 0 Å². The van der Waals surface area contributed by atoms with E-state index in [1.165, 1.54) is 39.4 Å². The lowest BCUT2D eigenvalue weighted by Gasteiger charge is -2.43. The second kappa shape index (κ2) is 4.20. The fourth-order valence-corrected chi connectivity index (χ4v) is 4.29. The predicted octanol–water partition coefficient (Wildman–Crippen LogP) is 5.03. The maximum Gasteiger partial charge on any atom is 0.102 e. The van der Waals surface area contributed by atoms with E-state index in [9.17, 15) is 0 Å². The molecule has 3 heteroatoms. The van der Waals surface area contributed by atoms with Crippen LogP contribution in [0.2, 0.25) is 0 Å². The lowest BCUT2D eigenvalue weighted by Crippen LogP contribution is -2.33. The molecule has 0 aliphatic carbocycles. The molecule has 6 rings (SSSR count). The van der Waals surface area contributed by atoms with Gasteiger partial charge in [-0.2, -0.15) is 0 Å². The van der Waals surface area contributed by atoms with Crippen LogP contribution in [-0.2, 0) is 0 Å². The molecule has 0 radical (unpaired) electrons. The van der Waals surface area contributed by atoms with Gasteiger partial charge in [0.1, 0.15) is 6.04 Å². The van der Waals surface area contributed by atoms with Crippen LogP contribution >= 0.6 is 0 Å². The summed E-state index contributed by atoms with van der Waals surface area (Å²) in [5, 5.41) is 0. The second-order valence-corrected chi connectivity index (χ2v) is 6.41. The largest absolute Gasteiger partial charge is 0.367 e. The van der Waals surface area contributed by atoms with Crippen LogP contribution in [0, 0.1) is 0 Å². The van der Waals surface area contributed by atoms with Crippen molar-refractivity contribution >= 4 is 11.4 Å². The second-order valence-electron chi connectivity index (χ2n) is 6.41. The number of hydrogen-bond acceptors (Lipinski definition) is 1. The molecule has 0 fully saturated rings. The van der Waals surface area contributed by atoms with E-state index in [2.05, 4.69) is 93.7 Å². The van der Waals surface area contributed by atoms with E-state index < -0.39 is 0 Å². The Morgan fingerprint density at radius 2 is 1.50 bits per heavy atom. The van der Waals surface area contributed by atoms with Gasteiger partial charge in [-0.25, -0.2) is 0 Å². The topological polar surface area (TPSA) is 24.0 Å². The maximum absolute atomic E-state index is 3.33. The van der Waals surface area contributed by atoms with Crippen molar-refractivity contribution in [3.8, 4) is 16.8 Å². The summed E-state index contributed by atoms with van der Waals surface area (Å²) in [4.78, 5) is 5.81. The van der Waals surface area contributed by atoms with Crippen LogP contribution < -0.4 is 4.90 Å². The van der Waals surface area contributed by atoms with Gasteiger partial charge in [0.05, 0.1) is 22.8 Å². The molecular weight excluding hydrogens is 294 g/mol. The molecule has 24 heavy (non-hydrogen) atoms. The molecule has 2 aromatic carbocycles. The number of rotatable bonds is 0. The molecular formula is C21H15N3. The average Bonchev–Trinajstić information content (AvgIpc) is 3.31. The Morgan fingerprint density at radius 1 is 0.708 bits per heavy atom. The zero-order valence-corrected chi connectivity index (χ0v) is 13.0. The summed E-state index contributed by atoms with van der Waals surface area (Å²) in [5.74, 6) is 0. The van der Waals surface area contributed by atoms with Crippen molar-refractivity contribution in [2.45, 2.75) is 6.04 Å². The Bertz CT molecular complexity index is 1000. The normalized spacial score (nSPS) is 16.7. The molecule has 4 aromatic rings. The number of fused-ring (bicyclic) bond motifs is 11. The Balaban J connectivity index is 1.77. The zero-order valence-electron chi connectivity index (χ0n) is 13.0. The van der Waals surface area contributed by atoms with Crippen LogP contribution in [0.25, 0.3) is 16.8 Å². The summed E-state index contributed by atoms with van der Waals surface area (Å²) in [7, 11) is 0. The van der Waals surface area contributed by atoms with Crippen molar-refractivity contribution in [2.24, 2.45) is 0 Å². The number of nitrogens with zero attached hydrogens (tertiary/aromatic N) is 2. The molecule has 4 heterocycles. The number of nitrogens with one attached hydrogen (secondary N) is 1. The van der Waals surface area contributed by atoms with Gasteiger partial charge in [0.2, 0.25) is 0 Å². The monoisotopic (exact) mass is 309 g/mol. The van der Waals surface area contributed by atoms with Crippen molar-refractivity contribution in [3.63, 3.8) is 0 Å². The van der Waals surface area contributed by atoms with Gasteiger partial charge in [-0.15, -0.1) is 0 Å². The van der Waals surface area contributed by atoms with Gasteiger partial charge in [0, 0.05) is 35.3 Å². The highest BCUT2D eigenvalue weighted by molar-refractivity contribution is 5.91. The minimum Gasteiger partial charge on any atom is -0.367 e. The third-order valence-electron chi connectivity index (χ3n) is 5.25. The van der Waals surface area contributed by atoms with Gasteiger partial charge < -0.3 is 14.5 Å². The Kier molecular flexibility index (Phi) is 2.15. The van der Waals surface area contributed by atoms with E-state index in [0.717, 1.165) is 0 Å². The Hall–Kier alpha value is -3.20. The van der Waals surface area contributed by atoms with Crippen molar-refractivity contribution in [1.82, 2.24) is 9.55 Å². The summed E-state index contributed by atoms with van der Waals surface area (Å²) < 4.78 is 2.32. The molecule has 114 valence electrons.